The highest BCUT2D eigenvalue weighted by Crippen LogP contribution is 2.48. The molecule has 2 aliphatic rings. The molecule has 3 heterocycles. The number of anilines is 1. The SMILES string of the molecule is COc1ccc(C2CC(=O)C3=C(C2)Nc2[nH][nH]c(=O)c2C3c2ccc(C)s2)cc1OC. The minimum atomic E-state index is -0.348. The number of methoxy groups -OCH3 is 2. The molecule has 7 nitrogen and oxygen atoms in total. The van der Waals surface area contributed by atoms with Crippen LogP contribution >= 0.6 is 11.3 Å². The summed E-state index contributed by atoms with van der Waals surface area (Å²) >= 11 is 1.62. The number of thiophene rings is 1. The van der Waals surface area contributed by atoms with E-state index < -0.39 is 0 Å². The predicted octanol–water partition coefficient (Wildman–Crippen LogP) is 4.05. The molecule has 0 radical (unpaired) electrons. The largest absolute Gasteiger partial charge is 0.493 e. The van der Waals surface area contributed by atoms with Crippen LogP contribution in [0.2, 0.25) is 0 Å². The number of benzene rings is 1. The zero-order valence-corrected chi connectivity index (χ0v) is 18.3. The summed E-state index contributed by atoms with van der Waals surface area (Å²) in [4.78, 5) is 28.2. The van der Waals surface area contributed by atoms with Gasteiger partial charge in [0.1, 0.15) is 5.82 Å². The monoisotopic (exact) mass is 437 g/mol. The van der Waals surface area contributed by atoms with E-state index in [2.05, 4.69) is 15.5 Å². The summed E-state index contributed by atoms with van der Waals surface area (Å²) in [7, 11) is 3.21. The van der Waals surface area contributed by atoms with E-state index in [0.717, 1.165) is 21.0 Å². The molecule has 3 N–H and O–H groups in total. The zero-order valence-electron chi connectivity index (χ0n) is 17.5. The lowest BCUT2D eigenvalue weighted by atomic mass is 9.74. The molecule has 1 aliphatic carbocycles. The molecule has 1 aromatic carbocycles. The number of aromatic nitrogens is 2. The number of nitrogens with one attached hydrogen (secondary N) is 3. The number of carbonyl (C=O) groups excluding carboxylic acids is 1. The average molecular weight is 438 g/mol. The van der Waals surface area contributed by atoms with Crippen molar-refractivity contribution in [2.45, 2.75) is 31.6 Å². The fourth-order valence-corrected chi connectivity index (χ4v) is 5.65. The third-order valence-electron chi connectivity index (χ3n) is 6.10. The lowest BCUT2D eigenvalue weighted by Gasteiger charge is -2.34. The third kappa shape index (κ3) is 3.18. The summed E-state index contributed by atoms with van der Waals surface area (Å²) < 4.78 is 10.8. The number of fused-ring (bicyclic) bond motifs is 1. The van der Waals surface area contributed by atoms with Gasteiger partial charge in [-0.15, -0.1) is 11.3 Å². The van der Waals surface area contributed by atoms with Crippen LogP contribution in [0.4, 0.5) is 5.82 Å². The van der Waals surface area contributed by atoms with E-state index >= 15 is 0 Å². The average Bonchev–Trinajstić information content (AvgIpc) is 3.37. The first kappa shape index (κ1) is 19.7. The molecular formula is C23H23N3O4S. The second kappa shape index (κ2) is 7.46. The molecule has 0 fully saturated rings. The van der Waals surface area contributed by atoms with Crippen LogP contribution in [0.3, 0.4) is 0 Å². The molecule has 31 heavy (non-hydrogen) atoms. The van der Waals surface area contributed by atoms with Gasteiger partial charge in [-0.05, 0) is 49.1 Å². The summed E-state index contributed by atoms with van der Waals surface area (Å²) in [5, 5.41) is 8.94. The Morgan fingerprint density at radius 3 is 2.52 bits per heavy atom. The summed E-state index contributed by atoms with van der Waals surface area (Å²) in [5.41, 5.74) is 2.99. The minimum Gasteiger partial charge on any atom is -0.493 e. The number of ketones is 1. The van der Waals surface area contributed by atoms with E-state index in [9.17, 15) is 9.59 Å². The predicted molar refractivity (Wildman–Crippen MR) is 119 cm³/mol. The molecule has 0 saturated heterocycles. The second-order valence-electron chi connectivity index (χ2n) is 7.91. The number of H-pyrrole nitrogens is 2. The Morgan fingerprint density at radius 1 is 1.00 bits per heavy atom. The molecule has 0 amide bonds. The van der Waals surface area contributed by atoms with Crippen molar-refractivity contribution >= 4 is 22.9 Å². The lowest BCUT2D eigenvalue weighted by molar-refractivity contribution is -0.116. The number of Topliss-reactive ketones (excluding diaryl/α,β-unsaturated/α-hetero) is 1. The molecule has 3 aromatic rings. The Bertz CT molecular complexity index is 1270. The smallest absolute Gasteiger partial charge is 0.270 e. The molecule has 0 bridgehead atoms. The molecule has 0 saturated carbocycles. The van der Waals surface area contributed by atoms with Crippen molar-refractivity contribution in [3.8, 4) is 11.5 Å². The fraction of sp³-hybridized carbons (Fsp3) is 0.304. The Morgan fingerprint density at radius 2 is 1.81 bits per heavy atom. The molecule has 2 atom stereocenters. The van der Waals surface area contributed by atoms with Crippen LogP contribution in [0.25, 0.3) is 0 Å². The number of hydrogen-bond donors (Lipinski definition) is 3. The Balaban J connectivity index is 1.58. The molecule has 2 aromatic heterocycles. The normalized spacial score (nSPS) is 20.2. The van der Waals surface area contributed by atoms with Crippen LogP contribution < -0.4 is 20.3 Å². The number of allylic oxidation sites excluding steroid dienone is 2. The molecule has 2 unspecified atom stereocenters. The minimum absolute atomic E-state index is 0.0106. The quantitative estimate of drug-likeness (QED) is 0.572. The molecule has 0 spiro atoms. The van der Waals surface area contributed by atoms with Gasteiger partial charge < -0.3 is 14.8 Å². The number of hydrogen-bond acceptors (Lipinski definition) is 6. The zero-order chi connectivity index (χ0) is 21.7. The van der Waals surface area contributed by atoms with E-state index in [1.165, 1.54) is 0 Å². The van der Waals surface area contributed by atoms with Gasteiger partial charge >= 0.3 is 0 Å². The van der Waals surface area contributed by atoms with Crippen molar-refractivity contribution in [3.63, 3.8) is 0 Å². The molecule has 1 aliphatic heterocycles. The molecule has 8 heteroatoms. The van der Waals surface area contributed by atoms with E-state index in [-0.39, 0.29) is 23.2 Å². The highest BCUT2D eigenvalue weighted by Gasteiger charge is 2.41. The van der Waals surface area contributed by atoms with Gasteiger partial charge in [-0.2, -0.15) is 0 Å². The van der Waals surface area contributed by atoms with E-state index in [1.54, 1.807) is 25.6 Å². The van der Waals surface area contributed by atoms with Gasteiger partial charge in [0.15, 0.2) is 17.3 Å². The van der Waals surface area contributed by atoms with Crippen LogP contribution in [0, 0.1) is 6.92 Å². The molecule has 5 rings (SSSR count). The number of rotatable bonds is 4. The Labute approximate surface area is 183 Å². The van der Waals surface area contributed by atoms with E-state index in [0.29, 0.717) is 41.3 Å². The second-order valence-corrected chi connectivity index (χ2v) is 9.23. The van der Waals surface area contributed by atoms with E-state index in [4.69, 9.17) is 9.47 Å². The summed E-state index contributed by atoms with van der Waals surface area (Å²) in [6.07, 6.45) is 1.05. The van der Waals surface area contributed by atoms with Gasteiger partial charge in [-0.3, -0.25) is 19.8 Å². The van der Waals surface area contributed by atoms with Crippen molar-refractivity contribution in [1.82, 2.24) is 10.2 Å². The first-order valence-corrected chi connectivity index (χ1v) is 10.9. The first-order chi connectivity index (χ1) is 15.0. The standard InChI is InChI=1S/C23H23N3O4S/c1-11-4-7-18(31-11)20-19-14(24-22-21(20)23(28)26-25-22)8-13(9-15(19)27)12-5-6-16(29-2)17(10-12)30-3/h4-7,10,13,20H,8-9H2,1-3H3,(H3,24,25,26,28). The molecular weight excluding hydrogens is 414 g/mol. The third-order valence-corrected chi connectivity index (χ3v) is 7.17. The fourth-order valence-electron chi connectivity index (χ4n) is 4.66. The van der Waals surface area contributed by atoms with Crippen LogP contribution in [0.5, 0.6) is 11.5 Å². The summed E-state index contributed by atoms with van der Waals surface area (Å²) in [6.45, 7) is 2.03. The van der Waals surface area contributed by atoms with Crippen molar-refractivity contribution in [2.75, 3.05) is 19.5 Å². The number of carbonyl (C=O) groups is 1. The van der Waals surface area contributed by atoms with Gasteiger partial charge in [0.25, 0.3) is 5.56 Å². The summed E-state index contributed by atoms with van der Waals surface area (Å²) in [6, 6.07) is 9.84. The Hall–Kier alpha value is -3.26. The number of aryl methyl sites for hydroxylation is 1. The van der Waals surface area contributed by atoms with Crippen LogP contribution in [0.1, 0.15) is 45.6 Å². The Kier molecular flexibility index (Phi) is 4.74. The maximum Gasteiger partial charge on any atom is 0.270 e. The van der Waals surface area contributed by atoms with E-state index in [1.807, 2.05) is 37.3 Å². The number of aromatic amines is 2. The van der Waals surface area contributed by atoms with Crippen LogP contribution in [-0.2, 0) is 4.79 Å². The van der Waals surface area contributed by atoms with Crippen molar-refractivity contribution in [2.24, 2.45) is 0 Å². The van der Waals surface area contributed by atoms with Gasteiger partial charge in [-0.1, -0.05) is 6.07 Å². The highest BCUT2D eigenvalue weighted by atomic mass is 32.1. The maximum absolute atomic E-state index is 13.5. The van der Waals surface area contributed by atoms with Gasteiger partial charge in [0.2, 0.25) is 0 Å². The highest BCUT2D eigenvalue weighted by molar-refractivity contribution is 7.12. The summed E-state index contributed by atoms with van der Waals surface area (Å²) in [5.74, 6) is 1.67. The van der Waals surface area contributed by atoms with Crippen molar-refractivity contribution < 1.29 is 14.3 Å². The topological polar surface area (TPSA) is 96.2 Å². The van der Waals surface area contributed by atoms with Crippen molar-refractivity contribution in [1.29, 1.82) is 0 Å². The van der Waals surface area contributed by atoms with Gasteiger partial charge in [0.05, 0.1) is 25.7 Å². The lowest BCUT2D eigenvalue weighted by Crippen LogP contribution is -2.31. The van der Waals surface area contributed by atoms with Gasteiger partial charge in [0, 0.05) is 27.4 Å². The van der Waals surface area contributed by atoms with Crippen LogP contribution in [-0.4, -0.2) is 30.2 Å². The maximum atomic E-state index is 13.5. The molecule has 160 valence electrons. The van der Waals surface area contributed by atoms with Gasteiger partial charge in [-0.25, -0.2) is 0 Å². The number of ether oxygens (including phenoxy) is 2. The first-order valence-electron chi connectivity index (χ1n) is 10.1. The van der Waals surface area contributed by atoms with Crippen LogP contribution in [0.15, 0.2) is 46.4 Å². The van der Waals surface area contributed by atoms with Crippen molar-refractivity contribution in [3.05, 3.63) is 72.8 Å².